The fraction of sp³-hybridized carbons (Fsp3) is 0.542. The molecule has 0 radical (unpaired) electrons. The first-order valence-electron chi connectivity index (χ1n) is 11.3. The van der Waals surface area contributed by atoms with Crippen LogP contribution in [0, 0.1) is 6.92 Å². The van der Waals surface area contributed by atoms with E-state index in [1.54, 1.807) is 4.90 Å². The van der Waals surface area contributed by atoms with Gasteiger partial charge in [-0.1, -0.05) is 12.2 Å². The van der Waals surface area contributed by atoms with Gasteiger partial charge in [0.05, 0.1) is 24.8 Å². The van der Waals surface area contributed by atoms with E-state index in [1.165, 1.54) is 14.0 Å². The van der Waals surface area contributed by atoms with Crippen LogP contribution in [0.4, 0.5) is 0 Å². The van der Waals surface area contributed by atoms with Crippen molar-refractivity contribution in [3.05, 3.63) is 41.2 Å². The summed E-state index contributed by atoms with van der Waals surface area (Å²) < 4.78 is 4.70. The third-order valence-electron chi connectivity index (χ3n) is 6.12. The van der Waals surface area contributed by atoms with Gasteiger partial charge < -0.3 is 19.9 Å². The van der Waals surface area contributed by atoms with Crippen molar-refractivity contribution in [2.24, 2.45) is 0 Å². The molecule has 33 heavy (non-hydrogen) atoms. The molecule has 1 aromatic rings. The van der Waals surface area contributed by atoms with Crippen LogP contribution in [0.2, 0.25) is 0 Å². The molecule has 1 fully saturated rings. The highest BCUT2D eigenvalue weighted by Gasteiger charge is 2.31. The maximum atomic E-state index is 13.2. The van der Waals surface area contributed by atoms with Crippen LogP contribution in [0.25, 0.3) is 0 Å². The number of aromatic nitrogens is 1. The summed E-state index contributed by atoms with van der Waals surface area (Å²) in [6.45, 7) is 5.50. The van der Waals surface area contributed by atoms with Crippen molar-refractivity contribution in [3.8, 4) is 0 Å². The number of likely N-dealkylation sites (tertiary alicyclic amines) is 1. The zero-order valence-electron chi connectivity index (χ0n) is 19.5. The SMILES string of the molecule is COC(=O)[C@H](CC(=O)N1CCC(c2nc(C)ccc2C(=O)N2CC=CCC2)CC1)NC(C)=O. The molecule has 1 saturated heterocycles. The first-order valence-corrected chi connectivity index (χ1v) is 11.3. The third kappa shape index (κ3) is 6.18. The molecule has 1 atom stereocenters. The van der Waals surface area contributed by atoms with Gasteiger partial charge >= 0.3 is 5.97 Å². The van der Waals surface area contributed by atoms with Gasteiger partial charge in [0.15, 0.2) is 0 Å². The molecule has 0 aliphatic carbocycles. The molecule has 0 unspecified atom stereocenters. The Balaban J connectivity index is 1.67. The van der Waals surface area contributed by atoms with Crippen molar-refractivity contribution < 1.29 is 23.9 Å². The molecule has 178 valence electrons. The Morgan fingerprint density at radius 3 is 2.45 bits per heavy atom. The molecule has 0 bridgehead atoms. The Hall–Kier alpha value is -3.23. The lowest BCUT2D eigenvalue weighted by atomic mass is 9.89. The Morgan fingerprint density at radius 2 is 1.85 bits per heavy atom. The number of pyridine rings is 1. The van der Waals surface area contributed by atoms with Crippen LogP contribution in [-0.2, 0) is 19.1 Å². The lowest BCUT2D eigenvalue weighted by Crippen LogP contribution is -2.46. The lowest BCUT2D eigenvalue weighted by molar-refractivity contribution is -0.148. The number of aryl methyl sites for hydroxylation is 1. The van der Waals surface area contributed by atoms with Crippen molar-refractivity contribution in [1.82, 2.24) is 20.1 Å². The summed E-state index contributed by atoms with van der Waals surface area (Å²) in [5.41, 5.74) is 2.29. The van der Waals surface area contributed by atoms with Crippen LogP contribution in [0.5, 0.6) is 0 Å². The highest BCUT2D eigenvalue weighted by molar-refractivity contribution is 5.95. The van der Waals surface area contributed by atoms with E-state index in [4.69, 9.17) is 9.72 Å². The van der Waals surface area contributed by atoms with Gasteiger partial charge in [0.25, 0.3) is 5.91 Å². The average molecular weight is 457 g/mol. The summed E-state index contributed by atoms with van der Waals surface area (Å²) in [7, 11) is 1.22. The van der Waals surface area contributed by atoms with Crippen molar-refractivity contribution in [3.63, 3.8) is 0 Å². The monoisotopic (exact) mass is 456 g/mol. The second kappa shape index (κ2) is 11.1. The van der Waals surface area contributed by atoms with Gasteiger partial charge in [-0.25, -0.2) is 4.79 Å². The molecule has 1 aromatic heterocycles. The van der Waals surface area contributed by atoms with Crippen molar-refractivity contribution in [2.45, 2.75) is 51.5 Å². The highest BCUT2D eigenvalue weighted by Crippen LogP contribution is 2.30. The van der Waals surface area contributed by atoms with Gasteiger partial charge in [0.1, 0.15) is 6.04 Å². The molecule has 3 heterocycles. The van der Waals surface area contributed by atoms with Crippen LogP contribution in [0.1, 0.15) is 60.3 Å². The zero-order chi connectivity index (χ0) is 24.0. The third-order valence-corrected chi connectivity index (χ3v) is 6.12. The van der Waals surface area contributed by atoms with Crippen LogP contribution < -0.4 is 5.32 Å². The first kappa shape index (κ1) is 24.4. The number of ether oxygens (including phenoxy) is 1. The number of methoxy groups -OCH3 is 1. The van der Waals surface area contributed by atoms with Gasteiger partial charge in [-0.15, -0.1) is 0 Å². The molecular weight excluding hydrogens is 424 g/mol. The number of amides is 3. The Labute approximate surface area is 194 Å². The zero-order valence-corrected chi connectivity index (χ0v) is 19.5. The molecule has 3 amide bonds. The van der Waals surface area contributed by atoms with Crippen LogP contribution in [-0.4, -0.2) is 77.8 Å². The predicted molar refractivity (Wildman–Crippen MR) is 121 cm³/mol. The summed E-state index contributed by atoms with van der Waals surface area (Å²) in [4.78, 5) is 57.5. The number of esters is 1. The van der Waals surface area contributed by atoms with E-state index in [9.17, 15) is 19.2 Å². The summed E-state index contributed by atoms with van der Waals surface area (Å²) in [6.07, 6.45) is 6.14. The fourth-order valence-corrected chi connectivity index (χ4v) is 4.35. The van der Waals surface area contributed by atoms with Gasteiger partial charge in [-0.05, 0) is 38.3 Å². The number of carbonyl (C=O) groups excluding carboxylic acids is 4. The lowest BCUT2D eigenvalue weighted by Gasteiger charge is -2.33. The Morgan fingerprint density at radius 1 is 1.12 bits per heavy atom. The Kier molecular flexibility index (Phi) is 8.19. The van der Waals surface area contributed by atoms with E-state index in [-0.39, 0.29) is 24.2 Å². The molecule has 0 saturated carbocycles. The van der Waals surface area contributed by atoms with Crippen molar-refractivity contribution in [2.75, 3.05) is 33.3 Å². The molecule has 9 heteroatoms. The molecular formula is C24H32N4O5. The van der Waals surface area contributed by atoms with Gasteiger partial charge in [-0.2, -0.15) is 0 Å². The minimum absolute atomic E-state index is 0.00316. The normalized spacial score (nSPS) is 17.4. The summed E-state index contributed by atoms with van der Waals surface area (Å²) in [6, 6.07) is 2.73. The largest absolute Gasteiger partial charge is 0.467 e. The number of hydrogen-bond donors (Lipinski definition) is 1. The second-order valence-corrected chi connectivity index (χ2v) is 8.53. The van der Waals surface area contributed by atoms with E-state index in [0.717, 1.165) is 17.8 Å². The van der Waals surface area contributed by atoms with E-state index in [1.807, 2.05) is 30.0 Å². The minimum atomic E-state index is -1.00. The maximum absolute atomic E-state index is 13.2. The highest BCUT2D eigenvalue weighted by atomic mass is 16.5. The van der Waals surface area contributed by atoms with Crippen LogP contribution >= 0.6 is 0 Å². The van der Waals surface area contributed by atoms with Crippen molar-refractivity contribution >= 4 is 23.7 Å². The van der Waals surface area contributed by atoms with Gasteiger partial charge in [0, 0.05) is 44.7 Å². The van der Waals surface area contributed by atoms with E-state index in [2.05, 4.69) is 11.4 Å². The Bertz CT molecular complexity index is 937. The van der Waals surface area contributed by atoms with Gasteiger partial charge in [0.2, 0.25) is 11.8 Å². The second-order valence-electron chi connectivity index (χ2n) is 8.53. The quantitative estimate of drug-likeness (QED) is 0.514. The number of nitrogens with one attached hydrogen (secondary N) is 1. The first-order chi connectivity index (χ1) is 15.8. The summed E-state index contributed by atoms with van der Waals surface area (Å²) in [5, 5.41) is 2.47. The number of rotatable bonds is 6. The van der Waals surface area contributed by atoms with Crippen LogP contribution in [0.15, 0.2) is 24.3 Å². The molecule has 2 aliphatic heterocycles. The van der Waals surface area contributed by atoms with Gasteiger partial charge in [-0.3, -0.25) is 19.4 Å². The number of nitrogens with zero attached hydrogens (tertiary/aromatic N) is 3. The molecule has 9 nitrogen and oxygen atoms in total. The van der Waals surface area contributed by atoms with E-state index >= 15 is 0 Å². The maximum Gasteiger partial charge on any atom is 0.328 e. The predicted octanol–water partition coefficient (Wildman–Crippen LogP) is 1.57. The average Bonchev–Trinajstić information content (AvgIpc) is 2.83. The molecule has 1 N–H and O–H groups in total. The smallest absolute Gasteiger partial charge is 0.328 e. The standard InChI is InChI=1S/C24H32N4O5/c1-16-7-8-19(23(31)28-11-5-4-6-12-28)22(25-16)18-9-13-27(14-10-18)21(30)15-20(24(32)33-3)26-17(2)29/h4-5,7-8,18,20H,6,9-15H2,1-3H3,(H,26,29)/t20-/m0/s1. The number of carbonyl (C=O) groups is 4. The van der Waals surface area contributed by atoms with E-state index in [0.29, 0.717) is 44.6 Å². The molecule has 3 rings (SSSR count). The topological polar surface area (TPSA) is 109 Å². The van der Waals surface area contributed by atoms with Crippen LogP contribution in [0.3, 0.4) is 0 Å². The molecule has 0 spiro atoms. The minimum Gasteiger partial charge on any atom is -0.467 e. The molecule has 0 aromatic carbocycles. The fourth-order valence-electron chi connectivity index (χ4n) is 4.35. The van der Waals surface area contributed by atoms with Crippen molar-refractivity contribution in [1.29, 1.82) is 0 Å². The number of piperidine rings is 1. The summed E-state index contributed by atoms with van der Waals surface area (Å²) >= 11 is 0. The number of hydrogen-bond acceptors (Lipinski definition) is 6. The molecule has 2 aliphatic rings. The summed E-state index contributed by atoms with van der Waals surface area (Å²) in [5.74, 6) is -1.19. The van der Waals surface area contributed by atoms with E-state index < -0.39 is 17.9 Å².